The highest BCUT2D eigenvalue weighted by atomic mass is 79.9. The largest absolute Gasteiger partial charge is 0.481 e. The fourth-order valence-electron chi connectivity index (χ4n) is 3.17. The van der Waals surface area contributed by atoms with Gasteiger partial charge in [0.05, 0.1) is 14.9 Å². The number of para-hydroxylation sites is 1. The fourth-order valence-corrected chi connectivity index (χ4v) is 4.68. The lowest BCUT2D eigenvalue weighted by Crippen LogP contribution is -2.37. The summed E-state index contributed by atoms with van der Waals surface area (Å²) >= 11 is 4.96. The molecule has 4 nitrogen and oxygen atoms in total. The van der Waals surface area contributed by atoms with E-state index in [0.717, 1.165) is 34.5 Å². The van der Waals surface area contributed by atoms with Crippen LogP contribution in [0.3, 0.4) is 0 Å². The number of aliphatic carboxylic acids is 1. The summed E-state index contributed by atoms with van der Waals surface area (Å²) in [5.74, 6) is -0.106. The standard InChI is InChI=1S/C17H18BrNO3S/c1-17(15(20)21)10-6-5-9-12(17)13-14(18)23-16(19-13)22-11-7-3-2-4-8-11/h2-4,7-8,12H,5-6,9-10H2,1H3,(H,20,21). The number of hydrogen-bond donors (Lipinski definition) is 1. The van der Waals surface area contributed by atoms with Crippen molar-refractivity contribution in [2.45, 2.75) is 38.5 Å². The Hall–Kier alpha value is -1.40. The molecule has 1 aliphatic rings. The van der Waals surface area contributed by atoms with Crippen LogP contribution in [0.2, 0.25) is 0 Å². The van der Waals surface area contributed by atoms with Gasteiger partial charge in [-0.25, -0.2) is 4.98 Å². The Kier molecular flexibility index (Phi) is 4.73. The van der Waals surface area contributed by atoms with Crippen molar-refractivity contribution in [1.29, 1.82) is 0 Å². The average Bonchev–Trinajstić information content (AvgIpc) is 2.89. The van der Waals surface area contributed by atoms with E-state index in [1.165, 1.54) is 11.3 Å². The number of ether oxygens (including phenoxy) is 1. The van der Waals surface area contributed by atoms with E-state index in [1.807, 2.05) is 37.3 Å². The van der Waals surface area contributed by atoms with E-state index in [0.29, 0.717) is 11.6 Å². The van der Waals surface area contributed by atoms with Crippen LogP contribution in [0.15, 0.2) is 34.1 Å². The SMILES string of the molecule is CC1(C(=O)O)CCCCC1c1nc(Oc2ccccc2)sc1Br. The highest BCUT2D eigenvalue weighted by Gasteiger charge is 2.45. The minimum Gasteiger partial charge on any atom is -0.481 e. The van der Waals surface area contributed by atoms with E-state index >= 15 is 0 Å². The normalized spacial score (nSPS) is 24.3. The molecular formula is C17H18BrNO3S. The summed E-state index contributed by atoms with van der Waals surface area (Å²) in [5, 5.41) is 10.2. The van der Waals surface area contributed by atoms with Gasteiger partial charge < -0.3 is 9.84 Å². The number of nitrogens with zero attached hydrogens (tertiary/aromatic N) is 1. The van der Waals surface area contributed by atoms with Crippen LogP contribution in [0.4, 0.5) is 0 Å². The molecule has 2 aromatic rings. The van der Waals surface area contributed by atoms with Crippen molar-refractivity contribution in [1.82, 2.24) is 4.98 Å². The Labute approximate surface area is 147 Å². The van der Waals surface area contributed by atoms with Crippen LogP contribution in [0.1, 0.15) is 44.2 Å². The molecule has 1 aromatic heterocycles. The van der Waals surface area contributed by atoms with Crippen molar-refractivity contribution in [2.75, 3.05) is 0 Å². The van der Waals surface area contributed by atoms with Gasteiger partial charge in [0.15, 0.2) is 0 Å². The lowest BCUT2D eigenvalue weighted by atomic mass is 9.66. The van der Waals surface area contributed by atoms with Gasteiger partial charge in [-0.3, -0.25) is 4.79 Å². The van der Waals surface area contributed by atoms with E-state index in [9.17, 15) is 9.90 Å². The molecule has 23 heavy (non-hydrogen) atoms. The second-order valence-electron chi connectivity index (χ2n) is 6.07. The molecule has 0 amide bonds. The lowest BCUT2D eigenvalue weighted by molar-refractivity contribution is -0.151. The van der Waals surface area contributed by atoms with Crippen LogP contribution < -0.4 is 4.74 Å². The number of rotatable bonds is 4. The van der Waals surface area contributed by atoms with E-state index < -0.39 is 11.4 Å². The summed E-state index contributed by atoms with van der Waals surface area (Å²) in [6.45, 7) is 1.84. The molecule has 2 unspecified atom stereocenters. The second kappa shape index (κ2) is 6.61. The molecule has 0 radical (unpaired) electrons. The molecule has 0 bridgehead atoms. The first kappa shape index (κ1) is 16.5. The van der Waals surface area contributed by atoms with Gasteiger partial charge in [0.25, 0.3) is 5.19 Å². The summed E-state index contributed by atoms with van der Waals surface area (Å²) in [6, 6.07) is 9.48. The molecule has 0 saturated heterocycles. The lowest BCUT2D eigenvalue weighted by Gasteiger charge is -2.37. The van der Waals surface area contributed by atoms with Crippen molar-refractivity contribution in [3.05, 3.63) is 39.8 Å². The molecular weight excluding hydrogens is 378 g/mol. The van der Waals surface area contributed by atoms with E-state index in [1.54, 1.807) is 0 Å². The number of carboxylic acid groups (broad SMARTS) is 1. The molecule has 1 N–H and O–H groups in total. The van der Waals surface area contributed by atoms with Crippen molar-refractivity contribution in [3.63, 3.8) is 0 Å². The number of halogens is 1. The fraction of sp³-hybridized carbons (Fsp3) is 0.412. The van der Waals surface area contributed by atoms with Crippen LogP contribution in [0.5, 0.6) is 10.9 Å². The Balaban J connectivity index is 1.89. The predicted octanol–water partition coefficient (Wildman–Crippen LogP) is 5.45. The summed E-state index contributed by atoms with van der Waals surface area (Å²) in [4.78, 5) is 16.4. The molecule has 3 rings (SSSR count). The summed E-state index contributed by atoms with van der Waals surface area (Å²) in [6.07, 6.45) is 3.52. The topological polar surface area (TPSA) is 59.4 Å². The van der Waals surface area contributed by atoms with Crippen LogP contribution in [0.25, 0.3) is 0 Å². The van der Waals surface area contributed by atoms with Gasteiger partial charge in [0, 0.05) is 5.92 Å². The maximum Gasteiger partial charge on any atom is 0.310 e. The van der Waals surface area contributed by atoms with Gasteiger partial charge >= 0.3 is 5.97 Å². The number of thiazole rings is 1. The monoisotopic (exact) mass is 395 g/mol. The van der Waals surface area contributed by atoms with Gasteiger partial charge in [-0.15, -0.1) is 0 Å². The molecule has 1 aliphatic carbocycles. The molecule has 122 valence electrons. The molecule has 0 aliphatic heterocycles. The molecule has 2 atom stereocenters. The zero-order chi connectivity index (χ0) is 16.4. The van der Waals surface area contributed by atoms with E-state index in [2.05, 4.69) is 20.9 Å². The number of carboxylic acids is 1. The maximum absolute atomic E-state index is 11.8. The number of benzene rings is 1. The zero-order valence-electron chi connectivity index (χ0n) is 12.8. The number of aromatic nitrogens is 1. The van der Waals surface area contributed by atoms with Crippen LogP contribution in [0, 0.1) is 5.41 Å². The highest BCUT2D eigenvalue weighted by molar-refractivity contribution is 9.11. The van der Waals surface area contributed by atoms with Crippen molar-refractivity contribution in [3.8, 4) is 10.9 Å². The van der Waals surface area contributed by atoms with Gasteiger partial charge in [-0.05, 0) is 47.8 Å². The first-order valence-electron chi connectivity index (χ1n) is 7.63. The number of carbonyl (C=O) groups is 1. The third-order valence-corrected chi connectivity index (χ3v) is 6.19. The Bertz CT molecular complexity index is 703. The predicted molar refractivity (Wildman–Crippen MR) is 93.3 cm³/mol. The Morgan fingerprint density at radius 2 is 2.13 bits per heavy atom. The molecule has 1 fully saturated rings. The van der Waals surface area contributed by atoms with Crippen molar-refractivity contribution in [2.24, 2.45) is 5.41 Å². The molecule has 1 aromatic carbocycles. The van der Waals surface area contributed by atoms with Gasteiger partial charge in [0.1, 0.15) is 5.75 Å². The molecule has 0 spiro atoms. The molecule has 1 heterocycles. The second-order valence-corrected chi connectivity index (χ2v) is 8.35. The summed E-state index contributed by atoms with van der Waals surface area (Å²) in [5.41, 5.74) is 0.0457. The molecule has 6 heteroatoms. The van der Waals surface area contributed by atoms with E-state index in [4.69, 9.17) is 4.74 Å². The maximum atomic E-state index is 11.8. The van der Waals surface area contributed by atoms with Crippen molar-refractivity contribution >= 4 is 33.2 Å². The van der Waals surface area contributed by atoms with Crippen LogP contribution in [-0.4, -0.2) is 16.1 Å². The Morgan fingerprint density at radius 3 is 2.83 bits per heavy atom. The van der Waals surface area contributed by atoms with Gasteiger partial charge in [0.2, 0.25) is 0 Å². The third kappa shape index (κ3) is 3.28. The first-order chi connectivity index (χ1) is 11.0. The summed E-state index contributed by atoms with van der Waals surface area (Å²) in [7, 11) is 0. The van der Waals surface area contributed by atoms with Gasteiger partial charge in [-0.1, -0.05) is 42.4 Å². The minimum absolute atomic E-state index is 0.0903. The third-order valence-electron chi connectivity index (χ3n) is 4.57. The van der Waals surface area contributed by atoms with Crippen molar-refractivity contribution < 1.29 is 14.6 Å². The Morgan fingerprint density at radius 1 is 1.39 bits per heavy atom. The summed E-state index contributed by atoms with van der Waals surface area (Å²) < 4.78 is 6.65. The van der Waals surface area contributed by atoms with E-state index in [-0.39, 0.29) is 5.92 Å². The highest BCUT2D eigenvalue weighted by Crippen LogP contribution is 2.50. The number of hydrogen-bond acceptors (Lipinski definition) is 4. The minimum atomic E-state index is -0.765. The zero-order valence-corrected chi connectivity index (χ0v) is 15.2. The van der Waals surface area contributed by atoms with Gasteiger partial charge in [-0.2, -0.15) is 0 Å². The quantitative estimate of drug-likeness (QED) is 0.747. The van der Waals surface area contributed by atoms with Crippen LogP contribution >= 0.6 is 27.3 Å². The first-order valence-corrected chi connectivity index (χ1v) is 9.24. The average molecular weight is 396 g/mol. The molecule has 1 saturated carbocycles. The van der Waals surface area contributed by atoms with Crippen LogP contribution in [-0.2, 0) is 4.79 Å². The smallest absolute Gasteiger partial charge is 0.310 e.